The van der Waals surface area contributed by atoms with Gasteiger partial charge in [-0.15, -0.1) is 0 Å². The van der Waals surface area contributed by atoms with Crippen LogP contribution < -0.4 is 0 Å². The predicted octanol–water partition coefficient (Wildman–Crippen LogP) is 5.42. The van der Waals surface area contributed by atoms with E-state index in [0.29, 0.717) is 0 Å². The lowest BCUT2D eigenvalue weighted by Gasteiger charge is -2.13. The molecule has 0 aromatic heterocycles. The largest absolute Gasteiger partial charge is 0.205 e. The van der Waals surface area contributed by atoms with Gasteiger partial charge in [0.25, 0.3) is 0 Å². The van der Waals surface area contributed by atoms with Crippen LogP contribution in [0.1, 0.15) is 24.0 Å². The number of benzene rings is 2. The highest BCUT2D eigenvalue weighted by Crippen LogP contribution is 2.29. The molecule has 0 aliphatic carbocycles. The van der Waals surface area contributed by atoms with E-state index in [-0.39, 0.29) is 16.0 Å². The molecule has 0 aliphatic rings. The summed E-state index contributed by atoms with van der Waals surface area (Å²) in [6.07, 6.45) is 0. The first-order chi connectivity index (χ1) is 8.49. The highest BCUT2D eigenvalue weighted by atomic mass is 35.5. The van der Waals surface area contributed by atoms with Crippen molar-refractivity contribution in [1.82, 2.24) is 0 Å². The minimum Gasteiger partial charge on any atom is -0.205 e. The molecule has 0 spiro atoms. The Balaban J connectivity index is 2.37. The molecule has 0 fully saturated rings. The van der Waals surface area contributed by atoms with Crippen LogP contribution in [-0.4, -0.2) is 0 Å². The molecule has 4 heteroatoms. The van der Waals surface area contributed by atoms with Crippen LogP contribution in [0.5, 0.6) is 0 Å². The fraction of sp³-hybridized carbons (Fsp3) is 0.143. The second kappa shape index (κ2) is 5.25. The highest BCUT2D eigenvalue weighted by molar-refractivity contribution is 6.31. The summed E-state index contributed by atoms with van der Waals surface area (Å²) in [6.45, 7) is 1.92. The van der Waals surface area contributed by atoms with Crippen molar-refractivity contribution >= 4 is 23.2 Å². The molecule has 94 valence electrons. The molecule has 0 heterocycles. The minimum absolute atomic E-state index is 0.0406. The summed E-state index contributed by atoms with van der Waals surface area (Å²) in [5.41, 5.74) is 1.70. The molecule has 18 heavy (non-hydrogen) atoms. The van der Waals surface area contributed by atoms with Gasteiger partial charge in [-0.3, -0.25) is 0 Å². The Kier molecular flexibility index (Phi) is 3.88. The normalized spacial score (nSPS) is 11.0. The van der Waals surface area contributed by atoms with E-state index in [1.807, 2.05) is 6.92 Å². The zero-order chi connectivity index (χ0) is 13.3. The molecular formula is C14H10Cl2F2. The molecule has 0 saturated heterocycles. The monoisotopic (exact) mass is 286 g/mol. The first-order valence-electron chi connectivity index (χ1n) is 5.39. The van der Waals surface area contributed by atoms with Crippen LogP contribution in [0.3, 0.4) is 0 Å². The van der Waals surface area contributed by atoms with Gasteiger partial charge in [0, 0.05) is 5.92 Å². The van der Waals surface area contributed by atoms with Crippen LogP contribution >= 0.6 is 23.2 Å². The molecule has 0 saturated carbocycles. The van der Waals surface area contributed by atoms with Crippen molar-refractivity contribution in [3.63, 3.8) is 0 Å². The van der Waals surface area contributed by atoms with Crippen molar-refractivity contribution in [1.29, 1.82) is 0 Å². The maximum absolute atomic E-state index is 13.1. The van der Waals surface area contributed by atoms with Crippen molar-refractivity contribution in [2.75, 3.05) is 0 Å². The average Bonchev–Trinajstić information content (AvgIpc) is 2.35. The molecule has 0 bridgehead atoms. The van der Waals surface area contributed by atoms with Gasteiger partial charge in [-0.1, -0.05) is 42.3 Å². The van der Waals surface area contributed by atoms with E-state index in [2.05, 4.69) is 0 Å². The van der Waals surface area contributed by atoms with E-state index >= 15 is 0 Å². The SMILES string of the molecule is CC(c1ccc(F)c(Cl)c1)c1ccc(F)c(Cl)c1. The van der Waals surface area contributed by atoms with E-state index in [4.69, 9.17) is 23.2 Å². The summed E-state index contributed by atoms with van der Waals surface area (Å²) in [5.74, 6) is -0.948. The first kappa shape index (κ1) is 13.3. The fourth-order valence-corrected chi connectivity index (χ4v) is 2.13. The molecule has 0 N–H and O–H groups in total. The number of halogens is 4. The second-order valence-corrected chi connectivity index (χ2v) is 4.88. The van der Waals surface area contributed by atoms with Gasteiger partial charge in [-0.2, -0.15) is 0 Å². The van der Waals surface area contributed by atoms with Gasteiger partial charge in [0.05, 0.1) is 10.0 Å². The Morgan fingerprint density at radius 1 is 0.833 bits per heavy atom. The summed E-state index contributed by atoms with van der Waals surface area (Å²) in [7, 11) is 0. The van der Waals surface area contributed by atoms with Crippen molar-refractivity contribution in [3.05, 3.63) is 69.2 Å². The fourth-order valence-electron chi connectivity index (χ4n) is 1.76. The smallest absolute Gasteiger partial charge is 0.141 e. The molecule has 0 atom stereocenters. The van der Waals surface area contributed by atoms with Crippen molar-refractivity contribution in [2.24, 2.45) is 0 Å². The van der Waals surface area contributed by atoms with Gasteiger partial charge < -0.3 is 0 Å². The van der Waals surface area contributed by atoms with Crippen molar-refractivity contribution in [3.8, 4) is 0 Å². The summed E-state index contributed by atoms with van der Waals surface area (Å²) < 4.78 is 26.2. The molecule has 0 amide bonds. The Bertz CT molecular complexity index is 531. The maximum Gasteiger partial charge on any atom is 0.141 e. The van der Waals surface area contributed by atoms with Crippen LogP contribution in [0.15, 0.2) is 36.4 Å². The van der Waals surface area contributed by atoms with Gasteiger partial charge in [0.15, 0.2) is 0 Å². The van der Waals surface area contributed by atoms with Crippen LogP contribution in [0.4, 0.5) is 8.78 Å². The van der Waals surface area contributed by atoms with E-state index in [1.54, 1.807) is 24.3 Å². The summed E-state index contributed by atoms with van der Waals surface area (Å²) >= 11 is 11.5. The van der Waals surface area contributed by atoms with Crippen LogP contribution in [0.2, 0.25) is 10.0 Å². The second-order valence-electron chi connectivity index (χ2n) is 4.07. The van der Waals surface area contributed by atoms with Gasteiger partial charge in [0.2, 0.25) is 0 Å². The number of rotatable bonds is 2. The zero-order valence-corrected chi connectivity index (χ0v) is 11.1. The third-order valence-corrected chi connectivity index (χ3v) is 3.47. The van der Waals surface area contributed by atoms with E-state index in [0.717, 1.165) is 11.1 Å². The Hall–Kier alpha value is -1.12. The highest BCUT2D eigenvalue weighted by Gasteiger charge is 2.12. The van der Waals surface area contributed by atoms with E-state index < -0.39 is 11.6 Å². The number of hydrogen-bond donors (Lipinski definition) is 0. The molecular weight excluding hydrogens is 277 g/mol. The third-order valence-electron chi connectivity index (χ3n) is 2.89. The van der Waals surface area contributed by atoms with Crippen LogP contribution in [-0.2, 0) is 0 Å². The average molecular weight is 287 g/mol. The molecule has 0 radical (unpaired) electrons. The Morgan fingerprint density at radius 3 is 1.56 bits per heavy atom. The summed E-state index contributed by atoms with van der Waals surface area (Å²) in [4.78, 5) is 0. The molecule has 0 nitrogen and oxygen atoms in total. The predicted molar refractivity (Wildman–Crippen MR) is 70.3 cm³/mol. The molecule has 0 unspecified atom stereocenters. The minimum atomic E-state index is -0.454. The summed E-state index contributed by atoms with van der Waals surface area (Å²) in [6, 6.07) is 9.09. The lowest BCUT2D eigenvalue weighted by Crippen LogP contribution is -1.97. The molecule has 2 aromatic carbocycles. The van der Waals surface area contributed by atoms with Crippen molar-refractivity contribution < 1.29 is 8.78 Å². The topological polar surface area (TPSA) is 0 Å². The van der Waals surface area contributed by atoms with Crippen LogP contribution in [0.25, 0.3) is 0 Å². The number of hydrogen-bond acceptors (Lipinski definition) is 0. The third kappa shape index (κ3) is 2.65. The van der Waals surface area contributed by atoms with E-state index in [9.17, 15) is 8.78 Å². The van der Waals surface area contributed by atoms with Crippen molar-refractivity contribution in [2.45, 2.75) is 12.8 Å². The standard InChI is InChI=1S/C14H10Cl2F2/c1-8(9-2-4-13(17)11(15)6-9)10-3-5-14(18)12(16)7-10/h2-8H,1H3. The van der Waals surface area contributed by atoms with Gasteiger partial charge in [-0.05, 0) is 35.4 Å². The summed E-state index contributed by atoms with van der Waals surface area (Å²) in [5, 5.41) is 0.153. The first-order valence-corrected chi connectivity index (χ1v) is 6.14. The lowest BCUT2D eigenvalue weighted by molar-refractivity contribution is 0.626. The molecule has 0 aliphatic heterocycles. The lowest BCUT2D eigenvalue weighted by atomic mass is 9.93. The Labute approximate surface area is 114 Å². The van der Waals surface area contributed by atoms with Gasteiger partial charge >= 0.3 is 0 Å². The van der Waals surface area contributed by atoms with E-state index in [1.165, 1.54) is 12.1 Å². The maximum atomic E-state index is 13.1. The van der Waals surface area contributed by atoms with Gasteiger partial charge in [-0.25, -0.2) is 8.78 Å². The zero-order valence-electron chi connectivity index (χ0n) is 9.55. The van der Waals surface area contributed by atoms with Crippen LogP contribution in [0, 0.1) is 11.6 Å². The molecule has 2 rings (SSSR count). The quantitative estimate of drug-likeness (QED) is 0.691. The Morgan fingerprint density at radius 2 is 1.22 bits per heavy atom. The van der Waals surface area contributed by atoms with Gasteiger partial charge in [0.1, 0.15) is 11.6 Å². The molecule has 2 aromatic rings.